The summed E-state index contributed by atoms with van der Waals surface area (Å²) in [6, 6.07) is 0. The van der Waals surface area contributed by atoms with E-state index in [0.717, 1.165) is 5.57 Å². The molecule has 0 aromatic heterocycles. The number of alkyl halides is 3. The van der Waals surface area contributed by atoms with Crippen LogP contribution in [0.5, 0.6) is 0 Å². The zero-order chi connectivity index (χ0) is 15.6. The van der Waals surface area contributed by atoms with Crippen molar-refractivity contribution in [2.75, 3.05) is 13.1 Å². The van der Waals surface area contributed by atoms with Crippen LogP contribution in [-0.2, 0) is 15.0 Å². The molecule has 0 spiro atoms. The van der Waals surface area contributed by atoms with Crippen LogP contribution in [0, 0.1) is 0 Å². The molecule has 0 bridgehead atoms. The zero-order valence-corrected chi connectivity index (χ0v) is 10.6. The maximum absolute atomic E-state index is 11.1. The number of nitrogens with zero attached hydrogens (tertiary/aromatic N) is 2. The quantitative estimate of drug-likeness (QED) is 0.711. The van der Waals surface area contributed by atoms with Gasteiger partial charge in [-0.15, -0.1) is 0 Å². The van der Waals surface area contributed by atoms with E-state index in [1.165, 1.54) is 4.31 Å². The van der Waals surface area contributed by atoms with Crippen molar-refractivity contribution in [3.63, 3.8) is 0 Å². The first-order valence-electron chi connectivity index (χ1n) is 5.04. The van der Waals surface area contributed by atoms with E-state index in [0.29, 0.717) is 18.8 Å². The van der Waals surface area contributed by atoms with E-state index in [-0.39, 0.29) is 0 Å². The lowest BCUT2D eigenvalue weighted by atomic mass is 10.2. The van der Waals surface area contributed by atoms with Gasteiger partial charge in [-0.1, -0.05) is 6.08 Å². The van der Waals surface area contributed by atoms with E-state index < -0.39 is 22.4 Å². The van der Waals surface area contributed by atoms with Gasteiger partial charge in [0, 0.05) is 11.8 Å². The number of allylic oxidation sites excluding steroid dienone is 1. The standard InChI is InChI=1S/C7H9N3O2S.C2HF3O2/c8-13(11,12)10-4-2-6-5-9-3-1-7(6)10;3-2(4,5)1(6)7/h1-2,5H,3-4H2,(H2,8,11,12);(H,6,7). The van der Waals surface area contributed by atoms with Gasteiger partial charge < -0.3 is 5.11 Å². The van der Waals surface area contributed by atoms with Gasteiger partial charge >= 0.3 is 12.1 Å². The molecule has 7 nitrogen and oxygen atoms in total. The maximum Gasteiger partial charge on any atom is 0.490 e. The number of carboxylic acid groups (broad SMARTS) is 1. The van der Waals surface area contributed by atoms with Crippen LogP contribution in [0.1, 0.15) is 0 Å². The highest BCUT2D eigenvalue weighted by molar-refractivity contribution is 7.86. The molecule has 0 aliphatic carbocycles. The molecule has 2 aliphatic heterocycles. The number of carboxylic acids is 1. The fourth-order valence-electron chi connectivity index (χ4n) is 1.40. The smallest absolute Gasteiger partial charge is 0.475 e. The molecular formula is C9H10F3N3O4S. The largest absolute Gasteiger partial charge is 0.490 e. The molecule has 0 fully saturated rings. The molecule has 11 heteroatoms. The van der Waals surface area contributed by atoms with Crippen molar-refractivity contribution in [1.29, 1.82) is 0 Å². The Morgan fingerprint density at radius 3 is 2.40 bits per heavy atom. The van der Waals surface area contributed by atoms with Gasteiger partial charge in [-0.25, -0.2) is 9.93 Å². The van der Waals surface area contributed by atoms with E-state index in [4.69, 9.17) is 15.0 Å². The minimum Gasteiger partial charge on any atom is -0.475 e. The van der Waals surface area contributed by atoms with Gasteiger partial charge in [0.2, 0.25) is 0 Å². The summed E-state index contributed by atoms with van der Waals surface area (Å²) in [6.45, 7) is 0.824. The first-order chi connectivity index (χ1) is 9.03. The van der Waals surface area contributed by atoms with Crippen LogP contribution in [0.2, 0.25) is 0 Å². The molecule has 0 saturated heterocycles. The summed E-state index contributed by atoms with van der Waals surface area (Å²) in [4.78, 5) is 12.9. The molecule has 3 N–H and O–H groups in total. The number of dihydropyridines is 1. The highest BCUT2D eigenvalue weighted by Crippen LogP contribution is 2.24. The van der Waals surface area contributed by atoms with Crippen molar-refractivity contribution in [2.45, 2.75) is 6.18 Å². The number of halogens is 3. The number of rotatable bonds is 1. The van der Waals surface area contributed by atoms with Gasteiger partial charge in [0.25, 0.3) is 10.2 Å². The first kappa shape index (κ1) is 16.2. The van der Waals surface area contributed by atoms with Crippen LogP contribution in [0.4, 0.5) is 13.2 Å². The summed E-state index contributed by atoms with van der Waals surface area (Å²) >= 11 is 0. The van der Waals surface area contributed by atoms with Crippen LogP contribution < -0.4 is 5.14 Å². The zero-order valence-electron chi connectivity index (χ0n) is 9.83. The maximum atomic E-state index is 11.1. The van der Waals surface area contributed by atoms with Gasteiger partial charge in [-0.2, -0.15) is 21.6 Å². The predicted molar refractivity (Wildman–Crippen MR) is 63.0 cm³/mol. The van der Waals surface area contributed by atoms with Gasteiger partial charge in [0.05, 0.1) is 18.8 Å². The molecule has 2 heterocycles. The Labute approximate surface area is 112 Å². The minimum absolute atomic E-state index is 0.312. The van der Waals surface area contributed by atoms with Gasteiger partial charge in [0.15, 0.2) is 0 Å². The lowest BCUT2D eigenvalue weighted by Gasteiger charge is -2.18. The summed E-state index contributed by atoms with van der Waals surface area (Å²) in [5, 5.41) is 12.2. The Bertz CT molecular complexity index is 592. The molecule has 0 unspecified atom stereocenters. The van der Waals surface area contributed by atoms with E-state index in [1.54, 1.807) is 18.4 Å². The van der Waals surface area contributed by atoms with Crippen molar-refractivity contribution in [2.24, 2.45) is 10.1 Å². The fourth-order valence-corrected chi connectivity index (χ4v) is 2.13. The topological polar surface area (TPSA) is 113 Å². The van der Waals surface area contributed by atoms with Crippen LogP contribution in [-0.4, -0.2) is 49.3 Å². The number of aliphatic imine (C=N–C) groups is 1. The third kappa shape index (κ3) is 4.06. The van der Waals surface area contributed by atoms with Crippen molar-refractivity contribution in [3.05, 3.63) is 23.4 Å². The molecule has 0 saturated carbocycles. The molecule has 20 heavy (non-hydrogen) atoms. The van der Waals surface area contributed by atoms with Crippen LogP contribution in [0.15, 0.2) is 28.4 Å². The Kier molecular flexibility index (Phi) is 4.55. The van der Waals surface area contributed by atoms with E-state index in [1.807, 2.05) is 0 Å². The molecule has 0 aromatic rings. The summed E-state index contributed by atoms with van der Waals surface area (Å²) in [5.41, 5.74) is 1.48. The second kappa shape index (κ2) is 5.63. The molecule has 0 radical (unpaired) electrons. The van der Waals surface area contributed by atoms with Crippen molar-refractivity contribution in [3.8, 4) is 0 Å². The second-order valence-corrected chi connectivity index (χ2v) is 5.09. The SMILES string of the molecule is NS(=O)(=O)N1CC=C2C=NCC=C21.O=C(O)C(F)(F)F. The predicted octanol–water partition coefficient (Wildman–Crippen LogP) is 0.0335. The van der Waals surface area contributed by atoms with Crippen LogP contribution in [0.3, 0.4) is 0 Å². The summed E-state index contributed by atoms with van der Waals surface area (Å²) in [7, 11) is -3.62. The lowest BCUT2D eigenvalue weighted by Crippen LogP contribution is -2.34. The molecule has 0 amide bonds. The van der Waals surface area contributed by atoms with E-state index >= 15 is 0 Å². The summed E-state index contributed by atoms with van der Waals surface area (Å²) in [6.07, 6.45) is 0.128. The number of nitrogens with two attached hydrogens (primary N) is 1. The molecule has 0 aromatic carbocycles. The lowest BCUT2D eigenvalue weighted by molar-refractivity contribution is -0.192. The van der Waals surface area contributed by atoms with Gasteiger partial charge in [-0.05, 0) is 6.08 Å². The average Bonchev–Trinajstić information content (AvgIpc) is 2.71. The Balaban J connectivity index is 0.000000246. The molecule has 0 atom stereocenters. The molecule has 112 valence electrons. The summed E-state index contributed by atoms with van der Waals surface area (Å²) < 4.78 is 55.1. The highest BCUT2D eigenvalue weighted by atomic mass is 32.2. The number of hydrogen-bond donors (Lipinski definition) is 2. The monoisotopic (exact) mass is 313 g/mol. The fraction of sp³-hybridized carbons (Fsp3) is 0.333. The third-order valence-corrected chi connectivity index (χ3v) is 3.17. The van der Waals surface area contributed by atoms with Gasteiger partial charge in [-0.3, -0.25) is 9.30 Å². The molecule has 2 rings (SSSR count). The third-order valence-electron chi connectivity index (χ3n) is 2.21. The number of carbonyl (C=O) groups is 1. The van der Waals surface area contributed by atoms with Crippen molar-refractivity contribution >= 4 is 22.4 Å². The Hall–Kier alpha value is -1.88. The average molecular weight is 313 g/mol. The van der Waals surface area contributed by atoms with Crippen LogP contribution in [0.25, 0.3) is 0 Å². The number of fused-ring (bicyclic) bond motifs is 1. The Morgan fingerprint density at radius 2 is 1.95 bits per heavy atom. The van der Waals surface area contributed by atoms with Crippen LogP contribution >= 0.6 is 0 Å². The molecular weight excluding hydrogens is 303 g/mol. The van der Waals surface area contributed by atoms with Crippen molar-refractivity contribution in [1.82, 2.24) is 4.31 Å². The van der Waals surface area contributed by atoms with Crippen molar-refractivity contribution < 1.29 is 31.5 Å². The molecule has 2 aliphatic rings. The first-order valence-corrected chi connectivity index (χ1v) is 6.55. The summed E-state index contributed by atoms with van der Waals surface area (Å²) in [5.74, 6) is -2.76. The highest BCUT2D eigenvalue weighted by Gasteiger charge is 2.38. The number of hydrogen-bond acceptors (Lipinski definition) is 4. The minimum atomic E-state index is -5.08. The normalized spacial score (nSPS) is 17.7. The number of aliphatic carboxylic acids is 1. The van der Waals surface area contributed by atoms with E-state index in [9.17, 15) is 21.6 Å². The van der Waals surface area contributed by atoms with Gasteiger partial charge in [0.1, 0.15) is 0 Å². The Morgan fingerprint density at radius 1 is 1.40 bits per heavy atom. The van der Waals surface area contributed by atoms with E-state index in [2.05, 4.69) is 4.99 Å². The second-order valence-electron chi connectivity index (χ2n) is 3.62.